The first-order valence-corrected chi connectivity index (χ1v) is 8.63. The Morgan fingerprint density at radius 2 is 2.07 bits per heavy atom. The molecule has 0 bridgehead atoms. The molecule has 2 aromatic carbocycles. The summed E-state index contributed by atoms with van der Waals surface area (Å²) in [5.74, 6) is -0.561. The minimum atomic E-state index is -0.581. The third-order valence-corrected chi connectivity index (χ3v) is 4.71. The molecule has 1 aliphatic heterocycles. The Morgan fingerprint density at radius 1 is 1.29 bits per heavy atom. The maximum atomic E-state index is 13.0. The van der Waals surface area contributed by atoms with Crippen LogP contribution in [0, 0.1) is 10.1 Å². The summed E-state index contributed by atoms with van der Waals surface area (Å²) in [6, 6.07) is 12.2. The Balaban J connectivity index is 1.80. The summed E-state index contributed by atoms with van der Waals surface area (Å²) in [6.07, 6.45) is 0.477. The van der Waals surface area contributed by atoms with Gasteiger partial charge in [-0.25, -0.2) is 9.78 Å². The normalized spacial score (nSPS) is 16.2. The van der Waals surface area contributed by atoms with E-state index in [9.17, 15) is 19.7 Å². The van der Waals surface area contributed by atoms with Gasteiger partial charge in [-0.05, 0) is 18.2 Å². The van der Waals surface area contributed by atoms with Crippen molar-refractivity contribution in [2.45, 2.75) is 12.5 Å². The fourth-order valence-corrected chi connectivity index (χ4v) is 3.33. The van der Waals surface area contributed by atoms with Crippen LogP contribution in [0.4, 0.5) is 11.6 Å². The van der Waals surface area contributed by atoms with E-state index in [0.717, 1.165) is 0 Å². The van der Waals surface area contributed by atoms with Crippen LogP contribution in [0.15, 0.2) is 48.5 Å². The number of amides is 1. The van der Waals surface area contributed by atoms with Crippen molar-refractivity contribution >= 4 is 34.5 Å². The van der Waals surface area contributed by atoms with Crippen molar-refractivity contribution in [1.29, 1.82) is 0 Å². The van der Waals surface area contributed by atoms with Crippen molar-refractivity contribution in [3.8, 4) is 0 Å². The number of carbonyl (C=O) groups is 2. The molecule has 1 unspecified atom stereocenters. The molecule has 9 heteroatoms. The second-order valence-electron chi connectivity index (χ2n) is 6.41. The number of hydrogen-bond acceptors (Lipinski definition) is 6. The van der Waals surface area contributed by atoms with E-state index >= 15 is 0 Å². The fourth-order valence-electron chi connectivity index (χ4n) is 3.33. The number of imidazole rings is 1. The van der Waals surface area contributed by atoms with Crippen LogP contribution < -0.4 is 4.90 Å². The van der Waals surface area contributed by atoms with Crippen LogP contribution >= 0.6 is 0 Å². The Hall–Kier alpha value is -3.75. The van der Waals surface area contributed by atoms with Crippen LogP contribution in [-0.4, -0.2) is 40.0 Å². The minimum absolute atomic E-state index is 0.157. The van der Waals surface area contributed by atoms with Gasteiger partial charge in [0.05, 0.1) is 22.6 Å². The van der Waals surface area contributed by atoms with Gasteiger partial charge in [0.2, 0.25) is 5.95 Å². The van der Waals surface area contributed by atoms with Crippen LogP contribution in [0.2, 0.25) is 0 Å². The quantitative estimate of drug-likeness (QED) is 0.391. The standard InChI is InChI=1S/C19H16N4O5/c1-21(17(24)12-5-4-6-13(11-12)23(26)27)19-20-14-7-2-3-8-15(14)22(19)16-9-10-28-18(16)25/h2-8,11,16H,9-10H2,1H3. The van der Waals surface area contributed by atoms with E-state index in [1.165, 1.54) is 36.2 Å². The summed E-state index contributed by atoms with van der Waals surface area (Å²) in [5.41, 5.74) is 1.33. The molecule has 1 amide bonds. The highest BCUT2D eigenvalue weighted by Crippen LogP contribution is 2.32. The lowest BCUT2D eigenvalue weighted by atomic mass is 10.2. The summed E-state index contributed by atoms with van der Waals surface area (Å²) >= 11 is 0. The van der Waals surface area contributed by atoms with E-state index in [0.29, 0.717) is 24.1 Å². The van der Waals surface area contributed by atoms with Gasteiger partial charge in [0.15, 0.2) is 0 Å². The first kappa shape index (κ1) is 17.7. The lowest BCUT2D eigenvalue weighted by Crippen LogP contribution is -2.30. The lowest BCUT2D eigenvalue weighted by Gasteiger charge is -2.20. The topological polar surface area (TPSA) is 108 Å². The zero-order valence-electron chi connectivity index (χ0n) is 14.9. The van der Waals surface area contributed by atoms with Crippen molar-refractivity contribution in [3.05, 3.63) is 64.2 Å². The van der Waals surface area contributed by atoms with Gasteiger partial charge < -0.3 is 4.74 Å². The van der Waals surface area contributed by atoms with E-state index in [1.54, 1.807) is 10.6 Å². The average molecular weight is 380 g/mol. The number of non-ortho nitro benzene ring substituents is 1. The number of benzene rings is 2. The number of hydrogen-bond donors (Lipinski definition) is 0. The number of rotatable bonds is 4. The smallest absolute Gasteiger partial charge is 0.329 e. The summed E-state index contributed by atoms with van der Waals surface area (Å²) in [6.45, 7) is 0.304. The van der Waals surface area contributed by atoms with Gasteiger partial charge in [0, 0.05) is 31.2 Å². The van der Waals surface area contributed by atoms with Gasteiger partial charge in [-0.1, -0.05) is 18.2 Å². The van der Waals surface area contributed by atoms with E-state index < -0.39 is 16.9 Å². The molecular formula is C19H16N4O5. The molecule has 1 atom stereocenters. The van der Waals surface area contributed by atoms with E-state index in [-0.39, 0.29) is 23.2 Å². The second kappa shape index (κ2) is 6.76. The summed E-state index contributed by atoms with van der Waals surface area (Å²) in [7, 11) is 1.53. The van der Waals surface area contributed by atoms with Gasteiger partial charge in [-0.2, -0.15) is 0 Å². The number of nitro benzene ring substituents is 1. The molecule has 0 radical (unpaired) electrons. The Labute approximate surface area is 159 Å². The van der Waals surface area contributed by atoms with Gasteiger partial charge in [-0.3, -0.25) is 24.4 Å². The molecule has 1 fully saturated rings. The van der Waals surface area contributed by atoms with Crippen LogP contribution in [0.3, 0.4) is 0 Å². The van der Waals surface area contributed by atoms with E-state index in [4.69, 9.17) is 4.74 Å². The number of nitro groups is 1. The monoisotopic (exact) mass is 380 g/mol. The largest absolute Gasteiger partial charge is 0.464 e. The van der Waals surface area contributed by atoms with Crippen LogP contribution in [0.25, 0.3) is 11.0 Å². The number of carbonyl (C=O) groups excluding carboxylic acids is 2. The number of ether oxygens (including phenoxy) is 1. The number of para-hydroxylation sites is 2. The molecular weight excluding hydrogens is 364 g/mol. The highest BCUT2D eigenvalue weighted by Gasteiger charge is 2.33. The third kappa shape index (κ3) is 2.86. The molecule has 2 heterocycles. The van der Waals surface area contributed by atoms with Crippen molar-refractivity contribution in [2.24, 2.45) is 0 Å². The molecule has 3 aromatic rings. The van der Waals surface area contributed by atoms with Crippen LogP contribution in [0.5, 0.6) is 0 Å². The summed E-state index contributed by atoms with van der Waals surface area (Å²) < 4.78 is 6.79. The fraction of sp³-hybridized carbons (Fsp3) is 0.211. The predicted molar refractivity (Wildman–Crippen MR) is 100 cm³/mol. The highest BCUT2D eigenvalue weighted by atomic mass is 16.6. The van der Waals surface area contributed by atoms with Crippen LogP contribution in [0.1, 0.15) is 22.8 Å². The SMILES string of the molecule is CN(C(=O)c1cccc([N+](=O)[O-])c1)c1nc2ccccc2n1C1CCOC1=O. The van der Waals surface area contributed by atoms with Crippen molar-refractivity contribution in [2.75, 3.05) is 18.6 Å². The van der Waals surface area contributed by atoms with Crippen molar-refractivity contribution in [3.63, 3.8) is 0 Å². The molecule has 0 aliphatic carbocycles. The Bertz CT molecular complexity index is 1110. The zero-order chi connectivity index (χ0) is 19.8. The highest BCUT2D eigenvalue weighted by molar-refractivity contribution is 6.06. The zero-order valence-corrected chi connectivity index (χ0v) is 14.9. The van der Waals surface area contributed by atoms with Gasteiger partial charge >= 0.3 is 5.97 Å². The molecule has 1 aromatic heterocycles. The molecule has 142 valence electrons. The average Bonchev–Trinajstić information content (AvgIpc) is 3.29. The number of aromatic nitrogens is 2. The maximum Gasteiger partial charge on any atom is 0.329 e. The molecule has 0 spiro atoms. The van der Waals surface area contributed by atoms with E-state index in [2.05, 4.69) is 4.98 Å². The van der Waals surface area contributed by atoms with Crippen LogP contribution in [-0.2, 0) is 9.53 Å². The van der Waals surface area contributed by atoms with E-state index in [1.807, 2.05) is 18.2 Å². The lowest BCUT2D eigenvalue weighted by molar-refractivity contribution is -0.384. The third-order valence-electron chi connectivity index (χ3n) is 4.71. The molecule has 9 nitrogen and oxygen atoms in total. The number of anilines is 1. The number of nitrogens with zero attached hydrogens (tertiary/aromatic N) is 4. The number of fused-ring (bicyclic) bond motifs is 1. The Morgan fingerprint density at radius 3 is 2.79 bits per heavy atom. The number of esters is 1. The second-order valence-corrected chi connectivity index (χ2v) is 6.41. The van der Waals surface area contributed by atoms with Crippen molar-refractivity contribution in [1.82, 2.24) is 9.55 Å². The minimum Gasteiger partial charge on any atom is -0.464 e. The molecule has 0 N–H and O–H groups in total. The molecule has 28 heavy (non-hydrogen) atoms. The maximum absolute atomic E-state index is 13.0. The molecule has 1 aliphatic rings. The summed E-state index contributed by atoms with van der Waals surface area (Å²) in [5, 5.41) is 11.0. The first-order valence-electron chi connectivity index (χ1n) is 8.63. The predicted octanol–water partition coefficient (Wildman–Crippen LogP) is 2.71. The summed E-state index contributed by atoms with van der Waals surface area (Å²) in [4.78, 5) is 41.5. The van der Waals surface area contributed by atoms with Gasteiger partial charge in [0.25, 0.3) is 11.6 Å². The van der Waals surface area contributed by atoms with Gasteiger partial charge in [-0.15, -0.1) is 0 Å². The van der Waals surface area contributed by atoms with Crippen molar-refractivity contribution < 1.29 is 19.2 Å². The Kier molecular flexibility index (Phi) is 4.26. The number of cyclic esters (lactones) is 1. The molecule has 4 rings (SSSR count). The first-order chi connectivity index (χ1) is 13.5. The van der Waals surface area contributed by atoms with Gasteiger partial charge in [0.1, 0.15) is 6.04 Å². The molecule has 0 saturated carbocycles. The molecule has 1 saturated heterocycles.